The Bertz CT molecular complexity index is 594. The number of aryl methyl sites for hydroxylation is 1. The Labute approximate surface area is 160 Å². The van der Waals surface area contributed by atoms with Crippen molar-refractivity contribution >= 4 is 11.6 Å². The van der Waals surface area contributed by atoms with Gasteiger partial charge in [0.2, 0.25) is 0 Å². The van der Waals surface area contributed by atoms with Crippen LogP contribution in [0.4, 0.5) is 4.39 Å². The maximum Gasteiger partial charge on any atom is 1.00 e. The van der Waals surface area contributed by atoms with E-state index in [0.717, 1.165) is 5.56 Å². The Balaban J connectivity index is 0.00000162. The summed E-state index contributed by atoms with van der Waals surface area (Å²) in [5.74, 6) is 5.13. The first-order valence-corrected chi connectivity index (χ1v) is 5.49. The van der Waals surface area contributed by atoms with E-state index in [0.29, 0.717) is 0 Å². The summed E-state index contributed by atoms with van der Waals surface area (Å²) in [7, 11) is 0. The summed E-state index contributed by atoms with van der Waals surface area (Å²) in [4.78, 5) is 0. The van der Waals surface area contributed by atoms with Crippen molar-refractivity contribution in [1.82, 2.24) is 0 Å². The predicted molar refractivity (Wildman–Crippen MR) is 67.4 cm³/mol. The fourth-order valence-electron chi connectivity index (χ4n) is 1.33. The molecule has 0 aliphatic carbocycles. The first-order valence-electron chi connectivity index (χ1n) is 5.11. The molecule has 0 bridgehead atoms. The zero-order valence-corrected chi connectivity index (χ0v) is 15.9. The molecule has 0 N–H and O–H groups in total. The minimum atomic E-state index is -0.520. The SMILES string of the molecule is Cc1ccc(C#Cc2cc[c-]c(Cl)c2F)cc1.[Rb+]. The van der Waals surface area contributed by atoms with Gasteiger partial charge in [-0.25, -0.2) is 0 Å². The van der Waals surface area contributed by atoms with Crippen LogP contribution in [-0.2, 0) is 0 Å². The molecule has 0 radical (unpaired) electrons. The Hall–Kier alpha value is 0.0252. The number of hydrogen-bond donors (Lipinski definition) is 0. The minimum Gasteiger partial charge on any atom is -0.282 e. The second-order valence-corrected chi connectivity index (χ2v) is 4.01. The van der Waals surface area contributed by atoms with Crippen LogP contribution in [0.25, 0.3) is 0 Å². The van der Waals surface area contributed by atoms with Crippen molar-refractivity contribution < 1.29 is 62.6 Å². The van der Waals surface area contributed by atoms with E-state index < -0.39 is 5.82 Å². The summed E-state index contributed by atoms with van der Waals surface area (Å²) in [6.45, 7) is 2.00. The van der Waals surface area contributed by atoms with E-state index in [1.165, 1.54) is 5.56 Å². The van der Waals surface area contributed by atoms with Gasteiger partial charge in [-0.15, -0.1) is 11.6 Å². The molecule has 0 fully saturated rings. The van der Waals surface area contributed by atoms with Crippen LogP contribution < -0.4 is 58.2 Å². The largest absolute Gasteiger partial charge is 1.00 e. The average Bonchev–Trinajstić information content (AvgIpc) is 2.33. The van der Waals surface area contributed by atoms with E-state index in [1.807, 2.05) is 31.2 Å². The minimum absolute atomic E-state index is 0. The van der Waals surface area contributed by atoms with E-state index in [-0.39, 0.29) is 68.8 Å². The van der Waals surface area contributed by atoms with Gasteiger partial charge in [-0.1, -0.05) is 29.5 Å². The van der Waals surface area contributed by atoms with Crippen LogP contribution in [0.5, 0.6) is 0 Å². The zero-order valence-electron chi connectivity index (χ0n) is 10.2. The molecule has 0 amide bonds. The van der Waals surface area contributed by atoms with Crippen LogP contribution in [-0.4, -0.2) is 0 Å². The van der Waals surface area contributed by atoms with Crippen LogP contribution in [0.15, 0.2) is 36.4 Å². The van der Waals surface area contributed by atoms with Gasteiger partial charge in [0.15, 0.2) is 0 Å². The third-order valence-electron chi connectivity index (χ3n) is 2.28. The maximum atomic E-state index is 13.5. The van der Waals surface area contributed by atoms with Crippen molar-refractivity contribution in [2.24, 2.45) is 0 Å². The second kappa shape index (κ2) is 7.57. The van der Waals surface area contributed by atoms with Crippen LogP contribution in [0, 0.1) is 30.6 Å². The number of benzene rings is 2. The molecule has 0 saturated heterocycles. The van der Waals surface area contributed by atoms with Gasteiger partial charge >= 0.3 is 58.2 Å². The van der Waals surface area contributed by atoms with Crippen LogP contribution in [0.1, 0.15) is 16.7 Å². The zero-order chi connectivity index (χ0) is 12.3. The molecular formula is C15H9ClFRb. The fraction of sp³-hybridized carbons (Fsp3) is 0.0667. The Morgan fingerprint density at radius 3 is 2.44 bits per heavy atom. The number of halogens is 2. The van der Waals surface area contributed by atoms with Crippen molar-refractivity contribution in [1.29, 1.82) is 0 Å². The maximum absolute atomic E-state index is 13.5. The quantitative estimate of drug-likeness (QED) is 0.500. The van der Waals surface area contributed by atoms with Crippen LogP contribution in [0.3, 0.4) is 0 Å². The summed E-state index contributed by atoms with van der Waals surface area (Å²) < 4.78 is 13.5. The van der Waals surface area contributed by atoms with E-state index in [9.17, 15) is 4.39 Å². The molecule has 84 valence electrons. The molecule has 0 spiro atoms. The topological polar surface area (TPSA) is 0 Å². The molecule has 2 aromatic carbocycles. The Morgan fingerprint density at radius 1 is 1.11 bits per heavy atom. The predicted octanol–water partition coefficient (Wildman–Crippen LogP) is 0.992. The molecule has 3 heteroatoms. The van der Waals surface area contributed by atoms with Crippen molar-refractivity contribution in [3.8, 4) is 11.8 Å². The van der Waals surface area contributed by atoms with Crippen molar-refractivity contribution in [3.05, 3.63) is 70.0 Å². The van der Waals surface area contributed by atoms with E-state index in [4.69, 9.17) is 11.6 Å². The Morgan fingerprint density at radius 2 is 1.78 bits per heavy atom. The molecule has 2 rings (SSSR count). The fourth-order valence-corrected chi connectivity index (χ4v) is 1.49. The van der Waals surface area contributed by atoms with Crippen molar-refractivity contribution in [3.63, 3.8) is 0 Å². The normalized spacial score (nSPS) is 9.06. The summed E-state index contributed by atoms with van der Waals surface area (Å²) in [6, 6.07) is 13.4. The number of rotatable bonds is 0. The van der Waals surface area contributed by atoms with E-state index >= 15 is 0 Å². The molecule has 2 aromatic rings. The van der Waals surface area contributed by atoms with Crippen molar-refractivity contribution in [2.45, 2.75) is 6.92 Å². The summed E-state index contributed by atoms with van der Waals surface area (Å²) >= 11 is 5.62. The van der Waals surface area contributed by atoms with Gasteiger partial charge in [0.25, 0.3) is 0 Å². The van der Waals surface area contributed by atoms with E-state index in [1.54, 1.807) is 12.1 Å². The van der Waals surface area contributed by atoms with Gasteiger partial charge in [0.1, 0.15) is 0 Å². The average molecular weight is 329 g/mol. The van der Waals surface area contributed by atoms with Gasteiger partial charge in [-0.3, -0.25) is 4.39 Å². The van der Waals surface area contributed by atoms with Crippen LogP contribution >= 0.6 is 11.6 Å². The summed E-state index contributed by atoms with van der Waals surface area (Å²) in [6.07, 6.45) is 0. The molecular weight excluding hydrogens is 320 g/mol. The second-order valence-electron chi connectivity index (χ2n) is 3.64. The monoisotopic (exact) mass is 328 g/mol. The van der Waals surface area contributed by atoms with Gasteiger partial charge in [-0.05, 0) is 29.6 Å². The number of hydrogen-bond acceptors (Lipinski definition) is 0. The molecule has 0 aliphatic rings. The first-order chi connectivity index (χ1) is 8.16. The Kier molecular flexibility index (Phi) is 6.77. The van der Waals surface area contributed by atoms with E-state index in [2.05, 4.69) is 17.9 Å². The first kappa shape index (κ1) is 16.1. The summed E-state index contributed by atoms with van der Waals surface area (Å²) in [5.41, 5.74) is 2.30. The third-order valence-corrected chi connectivity index (χ3v) is 2.56. The van der Waals surface area contributed by atoms with Gasteiger partial charge in [0, 0.05) is 11.4 Å². The molecule has 0 atom stereocenters. The molecule has 0 heterocycles. The molecule has 18 heavy (non-hydrogen) atoms. The standard InChI is InChI=1S/C15H9ClF.Rb/c1-11-5-7-12(8-6-11)9-10-13-3-2-4-14(16)15(13)17;/h2-3,5-8H,1H3;/q-1;+1. The molecule has 0 aliphatic heterocycles. The molecule has 0 saturated carbocycles. The van der Waals surface area contributed by atoms with Gasteiger partial charge in [-0.2, -0.15) is 18.2 Å². The summed E-state index contributed by atoms with van der Waals surface area (Å²) in [5, 5.41) is -0.0271. The van der Waals surface area contributed by atoms with Crippen molar-refractivity contribution in [2.75, 3.05) is 0 Å². The smallest absolute Gasteiger partial charge is 0.282 e. The molecule has 0 aromatic heterocycles. The molecule has 0 unspecified atom stereocenters. The van der Waals surface area contributed by atoms with Crippen LogP contribution in [0.2, 0.25) is 5.02 Å². The molecule has 0 nitrogen and oxygen atoms in total. The van der Waals surface area contributed by atoms with Gasteiger partial charge < -0.3 is 0 Å². The van der Waals surface area contributed by atoms with Gasteiger partial charge in [0.05, 0.1) is 0 Å². The third kappa shape index (κ3) is 4.29.